The van der Waals surface area contributed by atoms with E-state index in [2.05, 4.69) is 11.9 Å². The molecule has 0 atom stereocenters. The van der Waals surface area contributed by atoms with Crippen LogP contribution in [0.3, 0.4) is 0 Å². The average Bonchev–Trinajstić information content (AvgIpc) is 2.51. The van der Waals surface area contributed by atoms with Crippen LogP contribution in [0.15, 0.2) is 24.3 Å². The molecule has 1 aromatic carbocycles. The number of hydrogen-bond donors (Lipinski definition) is 0. The number of pyridine rings is 1. The molecule has 0 aliphatic carbocycles. The Hall–Kier alpha value is -2.41. The second-order valence-corrected chi connectivity index (χ2v) is 4.77. The van der Waals surface area contributed by atoms with Crippen molar-refractivity contribution in [3.63, 3.8) is 0 Å². The number of rotatable bonds is 5. The number of ether oxygens (including phenoxy) is 1. The van der Waals surface area contributed by atoms with E-state index in [-0.39, 0.29) is 6.61 Å². The summed E-state index contributed by atoms with van der Waals surface area (Å²) in [6.45, 7) is 3.86. The van der Waals surface area contributed by atoms with Crippen molar-refractivity contribution in [2.45, 2.75) is 33.1 Å². The molecule has 0 fully saturated rings. The van der Waals surface area contributed by atoms with E-state index in [0.717, 1.165) is 35.0 Å². The highest BCUT2D eigenvalue weighted by molar-refractivity contribution is 6.05. The summed E-state index contributed by atoms with van der Waals surface area (Å²) in [5, 5.41) is 9.39. The van der Waals surface area contributed by atoms with Gasteiger partial charge in [0.25, 0.3) is 0 Å². The molecular weight excluding hydrogens is 264 g/mol. The number of para-hydroxylation sites is 1. The number of aryl methyl sites for hydroxylation is 1. The molecule has 0 unspecified atom stereocenters. The highest BCUT2D eigenvalue weighted by Crippen LogP contribution is 2.26. The van der Waals surface area contributed by atoms with Gasteiger partial charge in [-0.3, -0.25) is 4.98 Å². The lowest BCUT2D eigenvalue weighted by Gasteiger charge is -2.14. The molecule has 0 bridgehead atoms. The fourth-order valence-electron chi connectivity index (χ4n) is 2.53. The largest absolute Gasteiger partial charge is 0.447 e. The van der Waals surface area contributed by atoms with Crippen LogP contribution < -0.4 is 0 Å². The van der Waals surface area contributed by atoms with Gasteiger partial charge in [0, 0.05) is 11.1 Å². The predicted octanol–water partition coefficient (Wildman–Crippen LogP) is 3.43. The standard InChI is InChI=1S/C17H18N2O2/c1-3-7-14-12(4-2)16(17(20)21-11-10-18)13-8-5-6-9-15(13)19-14/h5-6,8-9H,3-4,7,11H2,1-2H3. The topological polar surface area (TPSA) is 63.0 Å². The second-order valence-electron chi connectivity index (χ2n) is 4.77. The number of carbonyl (C=O) groups excluding carboxylic acids is 1. The molecule has 2 aromatic rings. The molecule has 0 saturated carbocycles. The van der Waals surface area contributed by atoms with Crippen LogP contribution in [0.2, 0.25) is 0 Å². The Morgan fingerprint density at radius 2 is 2.10 bits per heavy atom. The van der Waals surface area contributed by atoms with Gasteiger partial charge < -0.3 is 4.74 Å². The van der Waals surface area contributed by atoms with Crippen LogP contribution in [0.25, 0.3) is 10.9 Å². The zero-order chi connectivity index (χ0) is 15.2. The molecule has 1 heterocycles. The van der Waals surface area contributed by atoms with Crippen molar-refractivity contribution in [2.24, 2.45) is 0 Å². The van der Waals surface area contributed by atoms with Crippen molar-refractivity contribution in [1.29, 1.82) is 5.26 Å². The molecule has 0 aliphatic rings. The Kier molecular flexibility index (Phi) is 4.89. The summed E-state index contributed by atoms with van der Waals surface area (Å²) >= 11 is 0. The van der Waals surface area contributed by atoms with E-state index in [9.17, 15) is 4.79 Å². The molecular formula is C17H18N2O2. The molecule has 2 rings (SSSR count). The Labute approximate surface area is 124 Å². The maximum Gasteiger partial charge on any atom is 0.340 e. The molecule has 0 radical (unpaired) electrons. The van der Waals surface area contributed by atoms with Gasteiger partial charge in [-0.25, -0.2) is 4.79 Å². The predicted molar refractivity (Wildman–Crippen MR) is 81.0 cm³/mol. The number of hydrogen-bond acceptors (Lipinski definition) is 4. The summed E-state index contributed by atoms with van der Waals surface area (Å²) in [5.41, 5.74) is 3.23. The minimum absolute atomic E-state index is 0.234. The second kappa shape index (κ2) is 6.85. The summed E-state index contributed by atoms with van der Waals surface area (Å²) in [5.74, 6) is -0.440. The fraction of sp³-hybridized carbons (Fsp3) is 0.353. The first-order valence-electron chi connectivity index (χ1n) is 7.17. The van der Waals surface area contributed by atoms with Crippen LogP contribution in [0.5, 0.6) is 0 Å². The SMILES string of the molecule is CCCc1nc2ccccc2c(C(=O)OCC#N)c1CC. The number of fused-ring (bicyclic) bond motifs is 1. The molecule has 4 heteroatoms. The van der Waals surface area contributed by atoms with Crippen LogP contribution >= 0.6 is 0 Å². The molecule has 108 valence electrons. The molecule has 0 saturated heterocycles. The lowest BCUT2D eigenvalue weighted by Crippen LogP contribution is -2.13. The van der Waals surface area contributed by atoms with E-state index in [0.29, 0.717) is 12.0 Å². The van der Waals surface area contributed by atoms with Gasteiger partial charge in [-0.1, -0.05) is 38.5 Å². The summed E-state index contributed by atoms with van der Waals surface area (Å²) in [6, 6.07) is 9.39. The first-order chi connectivity index (χ1) is 10.2. The zero-order valence-electron chi connectivity index (χ0n) is 12.3. The number of benzene rings is 1. The van der Waals surface area contributed by atoms with Crippen molar-refractivity contribution in [2.75, 3.05) is 6.61 Å². The monoisotopic (exact) mass is 282 g/mol. The molecule has 0 N–H and O–H groups in total. The van der Waals surface area contributed by atoms with E-state index in [1.165, 1.54) is 0 Å². The molecule has 1 aromatic heterocycles. The number of esters is 1. The molecule has 4 nitrogen and oxygen atoms in total. The van der Waals surface area contributed by atoms with Crippen molar-refractivity contribution in [3.8, 4) is 6.07 Å². The quantitative estimate of drug-likeness (QED) is 0.788. The number of carbonyl (C=O) groups is 1. The Balaban J connectivity index is 2.68. The Morgan fingerprint density at radius 3 is 2.76 bits per heavy atom. The van der Waals surface area contributed by atoms with Gasteiger partial charge in [0.15, 0.2) is 6.61 Å². The Bertz CT molecular complexity index is 702. The van der Waals surface area contributed by atoms with Gasteiger partial charge in [0.1, 0.15) is 6.07 Å². The van der Waals surface area contributed by atoms with Crippen LogP contribution in [0.1, 0.15) is 41.9 Å². The summed E-state index contributed by atoms with van der Waals surface area (Å²) in [4.78, 5) is 17.0. The van der Waals surface area contributed by atoms with Crippen LogP contribution in [0.4, 0.5) is 0 Å². The molecule has 0 amide bonds. The van der Waals surface area contributed by atoms with Crippen molar-refractivity contribution >= 4 is 16.9 Å². The zero-order valence-corrected chi connectivity index (χ0v) is 12.3. The van der Waals surface area contributed by atoms with Gasteiger partial charge in [0.05, 0.1) is 11.1 Å². The van der Waals surface area contributed by atoms with Crippen molar-refractivity contribution in [1.82, 2.24) is 4.98 Å². The molecule has 0 aliphatic heterocycles. The van der Waals surface area contributed by atoms with Gasteiger partial charge in [-0.2, -0.15) is 5.26 Å². The van der Waals surface area contributed by atoms with Gasteiger partial charge >= 0.3 is 5.97 Å². The number of nitriles is 1. The van der Waals surface area contributed by atoms with Crippen LogP contribution in [-0.4, -0.2) is 17.6 Å². The highest BCUT2D eigenvalue weighted by Gasteiger charge is 2.20. The van der Waals surface area contributed by atoms with E-state index < -0.39 is 5.97 Å². The third kappa shape index (κ3) is 3.03. The summed E-state index contributed by atoms with van der Waals surface area (Å²) in [6.07, 6.45) is 2.50. The smallest absolute Gasteiger partial charge is 0.340 e. The lowest BCUT2D eigenvalue weighted by molar-refractivity contribution is 0.0556. The minimum atomic E-state index is -0.440. The van der Waals surface area contributed by atoms with E-state index in [1.54, 1.807) is 0 Å². The lowest BCUT2D eigenvalue weighted by atomic mass is 9.96. The molecule has 0 spiro atoms. The summed E-state index contributed by atoms with van der Waals surface area (Å²) in [7, 11) is 0. The van der Waals surface area contributed by atoms with Crippen LogP contribution in [0, 0.1) is 11.3 Å². The maximum absolute atomic E-state index is 12.4. The number of aromatic nitrogens is 1. The van der Waals surface area contributed by atoms with Gasteiger partial charge in [-0.05, 0) is 24.5 Å². The van der Waals surface area contributed by atoms with Crippen molar-refractivity contribution in [3.05, 3.63) is 41.1 Å². The molecule has 21 heavy (non-hydrogen) atoms. The number of nitrogens with zero attached hydrogens (tertiary/aromatic N) is 2. The first-order valence-corrected chi connectivity index (χ1v) is 7.17. The van der Waals surface area contributed by atoms with Crippen molar-refractivity contribution < 1.29 is 9.53 Å². The normalized spacial score (nSPS) is 10.3. The third-order valence-electron chi connectivity index (χ3n) is 3.39. The first kappa shape index (κ1) is 15.0. The summed E-state index contributed by atoms with van der Waals surface area (Å²) < 4.78 is 5.03. The van der Waals surface area contributed by atoms with E-state index in [4.69, 9.17) is 10.00 Å². The van der Waals surface area contributed by atoms with E-state index in [1.807, 2.05) is 37.3 Å². The fourth-order valence-corrected chi connectivity index (χ4v) is 2.53. The minimum Gasteiger partial charge on any atom is -0.447 e. The third-order valence-corrected chi connectivity index (χ3v) is 3.39. The van der Waals surface area contributed by atoms with Gasteiger partial charge in [0.2, 0.25) is 0 Å². The van der Waals surface area contributed by atoms with Gasteiger partial charge in [-0.15, -0.1) is 0 Å². The maximum atomic E-state index is 12.4. The average molecular weight is 282 g/mol. The Morgan fingerprint density at radius 1 is 1.33 bits per heavy atom. The van der Waals surface area contributed by atoms with E-state index >= 15 is 0 Å². The van der Waals surface area contributed by atoms with Crippen LogP contribution in [-0.2, 0) is 17.6 Å². The highest BCUT2D eigenvalue weighted by atomic mass is 16.5.